The first-order valence-electron chi connectivity index (χ1n) is 12.1. The molecule has 0 radical (unpaired) electrons. The van der Waals surface area contributed by atoms with Gasteiger partial charge in [-0.3, -0.25) is 4.79 Å². The van der Waals surface area contributed by atoms with Crippen molar-refractivity contribution in [3.8, 4) is 17.2 Å². The summed E-state index contributed by atoms with van der Waals surface area (Å²) in [5.74, 6) is 1.75. The summed E-state index contributed by atoms with van der Waals surface area (Å²) in [6.07, 6.45) is 6.53. The van der Waals surface area contributed by atoms with E-state index in [9.17, 15) is 4.79 Å². The fraction of sp³-hybridized carbons (Fsp3) is 0.310. The number of nitrogens with one attached hydrogen (secondary N) is 1. The third kappa shape index (κ3) is 4.98. The molecule has 174 valence electrons. The van der Waals surface area contributed by atoms with Crippen LogP contribution in [0.1, 0.15) is 54.7 Å². The lowest BCUT2D eigenvalue weighted by Crippen LogP contribution is -2.20. The SMILES string of the molecule is Cc1cc2nc(-c3ccc(NC(=O)COc4ccc(C5CCCCC5)cc4)cc3)oc2cc1C. The molecule has 5 rings (SSSR count). The first-order chi connectivity index (χ1) is 16.5. The van der Waals surface area contributed by atoms with Crippen LogP contribution in [0.5, 0.6) is 5.75 Å². The van der Waals surface area contributed by atoms with Crippen LogP contribution in [-0.4, -0.2) is 17.5 Å². The Morgan fingerprint density at radius 2 is 1.68 bits per heavy atom. The van der Waals surface area contributed by atoms with Gasteiger partial charge in [0.15, 0.2) is 12.2 Å². The van der Waals surface area contributed by atoms with Gasteiger partial charge in [-0.1, -0.05) is 31.4 Å². The number of benzene rings is 3. The van der Waals surface area contributed by atoms with Crippen LogP contribution in [0.15, 0.2) is 65.1 Å². The van der Waals surface area contributed by atoms with Gasteiger partial charge in [0.05, 0.1) is 0 Å². The lowest BCUT2D eigenvalue weighted by molar-refractivity contribution is -0.118. The average Bonchev–Trinajstić information content (AvgIpc) is 3.27. The number of carbonyl (C=O) groups is 1. The molecule has 5 heteroatoms. The van der Waals surface area contributed by atoms with Crippen molar-refractivity contribution in [2.75, 3.05) is 11.9 Å². The van der Waals surface area contributed by atoms with Gasteiger partial charge in [-0.25, -0.2) is 4.98 Å². The maximum Gasteiger partial charge on any atom is 0.262 e. The van der Waals surface area contributed by atoms with E-state index in [0.717, 1.165) is 16.7 Å². The molecule has 1 aromatic heterocycles. The summed E-state index contributed by atoms with van der Waals surface area (Å²) in [5.41, 5.74) is 6.93. The van der Waals surface area contributed by atoms with E-state index >= 15 is 0 Å². The largest absolute Gasteiger partial charge is 0.484 e. The third-order valence-electron chi connectivity index (χ3n) is 6.75. The second-order valence-corrected chi connectivity index (χ2v) is 9.24. The van der Waals surface area contributed by atoms with Gasteiger partial charge in [-0.2, -0.15) is 0 Å². The molecule has 3 aromatic carbocycles. The van der Waals surface area contributed by atoms with E-state index in [1.54, 1.807) is 0 Å². The number of aryl methyl sites for hydroxylation is 2. The van der Waals surface area contributed by atoms with E-state index in [2.05, 4.69) is 36.3 Å². The van der Waals surface area contributed by atoms with Gasteiger partial charge < -0.3 is 14.5 Å². The Hall–Kier alpha value is -3.60. The zero-order valence-electron chi connectivity index (χ0n) is 19.8. The maximum absolute atomic E-state index is 12.4. The van der Waals surface area contributed by atoms with E-state index in [4.69, 9.17) is 9.15 Å². The molecule has 0 saturated heterocycles. The Morgan fingerprint density at radius 3 is 2.41 bits per heavy atom. The van der Waals surface area contributed by atoms with E-state index in [-0.39, 0.29) is 12.5 Å². The van der Waals surface area contributed by atoms with Crippen LogP contribution in [0.25, 0.3) is 22.6 Å². The monoisotopic (exact) mass is 454 g/mol. The quantitative estimate of drug-likeness (QED) is 0.335. The molecule has 5 nitrogen and oxygen atoms in total. The second-order valence-electron chi connectivity index (χ2n) is 9.24. The van der Waals surface area contributed by atoms with E-state index in [0.29, 0.717) is 23.2 Å². The van der Waals surface area contributed by atoms with Crippen LogP contribution in [0.2, 0.25) is 0 Å². The molecule has 4 aromatic rings. The minimum absolute atomic E-state index is 0.0334. The first-order valence-corrected chi connectivity index (χ1v) is 12.1. The van der Waals surface area contributed by atoms with Gasteiger partial charge in [0.2, 0.25) is 5.89 Å². The fourth-order valence-electron chi connectivity index (χ4n) is 4.62. The Kier molecular flexibility index (Phi) is 6.35. The summed E-state index contributed by atoms with van der Waals surface area (Å²) in [6, 6.07) is 19.7. The highest BCUT2D eigenvalue weighted by Crippen LogP contribution is 2.33. The highest BCUT2D eigenvalue weighted by molar-refractivity contribution is 5.92. The van der Waals surface area contributed by atoms with Crippen LogP contribution in [0, 0.1) is 13.8 Å². The molecule has 1 aliphatic carbocycles. The summed E-state index contributed by atoms with van der Waals surface area (Å²) in [7, 11) is 0. The van der Waals surface area contributed by atoms with Crippen molar-refractivity contribution in [3.63, 3.8) is 0 Å². The highest BCUT2D eigenvalue weighted by Gasteiger charge is 2.15. The van der Waals surface area contributed by atoms with Gasteiger partial charge in [0.1, 0.15) is 11.3 Å². The van der Waals surface area contributed by atoms with Crippen LogP contribution in [-0.2, 0) is 4.79 Å². The number of nitrogens with zero attached hydrogens (tertiary/aromatic N) is 1. The number of hydrogen-bond acceptors (Lipinski definition) is 4. The number of aromatic nitrogens is 1. The number of ether oxygens (including phenoxy) is 1. The molecule has 1 saturated carbocycles. The molecular formula is C29H30N2O3. The smallest absolute Gasteiger partial charge is 0.262 e. The number of oxazole rings is 1. The van der Waals surface area contributed by atoms with Crippen LogP contribution < -0.4 is 10.1 Å². The summed E-state index contributed by atoms with van der Waals surface area (Å²) < 4.78 is 11.6. The number of anilines is 1. The van der Waals surface area contributed by atoms with Gasteiger partial charge in [-0.05, 0) is 97.8 Å². The summed E-state index contributed by atoms with van der Waals surface area (Å²) >= 11 is 0. The van der Waals surface area contributed by atoms with E-state index in [1.165, 1.54) is 48.8 Å². The number of hydrogen-bond donors (Lipinski definition) is 1. The Bertz CT molecular complexity index is 1240. The molecule has 0 aliphatic heterocycles. The third-order valence-corrected chi connectivity index (χ3v) is 6.75. The summed E-state index contributed by atoms with van der Waals surface area (Å²) in [4.78, 5) is 17.0. The lowest BCUT2D eigenvalue weighted by Gasteiger charge is -2.22. The first kappa shape index (κ1) is 22.2. The fourth-order valence-corrected chi connectivity index (χ4v) is 4.62. The molecule has 0 atom stereocenters. The molecule has 1 fully saturated rings. The predicted octanol–water partition coefficient (Wildman–Crippen LogP) is 7.18. The minimum atomic E-state index is -0.197. The van der Waals surface area contributed by atoms with E-state index < -0.39 is 0 Å². The zero-order valence-corrected chi connectivity index (χ0v) is 19.8. The maximum atomic E-state index is 12.4. The van der Waals surface area contributed by atoms with Crippen molar-refractivity contribution in [1.29, 1.82) is 0 Å². The number of rotatable bonds is 6. The number of fused-ring (bicyclic) bond motifs is 1. The standard InChI is InChI=1S/C29H30N2O3/c1-19-16-26-27(17-20(19)2)34-29(31-26)23-8-12-24(13-9-23)30-28(32)18-33-25-14-10-22(11-15-25)21-6-4-3-5-7-21/h8-17,21H,3-7,18H2,1-2H3,(H,30,32). The van der Waals surface area contributed by atoms with Gasteiger partial charge >= 0.3 is 0 Å². The topological polar surface area (TPSA) is 64.4 Å². The highest BCUT2D eigenvalue weighted by atomic mass is 16.5. The zero-order chi connectivity index (χ0) is 23.5. The van der Waals surface area contributed by atoms with Gasteiger partial charge in [0.25, 0.3) is 5.91 Å². The van der Waals surface area contributed by atoms with Crippen molar-refractivity contribution in [3.05, 3.63) is 77.4 Å². The van der Waals surface area contributed by atoms with Crippen LogP contribution in [0.3, 0.4) is 0 Å². The van der Waals surface area contributed by atoms with Crippen LogP contribution in [0.4, 0.5) is 5.69 Å². The Labute approximate surface area is 200 Å². The number of carbonyl (C=O) groups excluding carboxylic acids is 1. The average molecular weight is 455 g/mol. The molecule has 0 spiro atoms. The summed E-state index contributed by atoms with van der Waals surface area (Å²) in [5, 5.41) is 2.88. The molecule has 1 heterocycles. The van der Waals surface area contributed by atoms with Crippen molar-refractivity contribution in [2.24, 2.45) is 0 Å². The van der Waals surface area contributed by atoms with Crippen molar-refractivity contribution < 1.29 is 13.9 Å². The molecule has 0 bridgehead atoms. The Morgan fingerprint density at radius 1 is 0.971 bits per heavy atom. The lowest BCUT2D eigenvalue weighted by atomic mass is 9.84. The minimum Gasteiger partial charge on any atom is -0.484 e. The molecule has 34 heavy (non-hydrogen) atoms. The molecule has 1 amide bonds. The normalized spacial score (nSPS) is 14.3. The molecular weight excluding hydrogens is 424 g/mol. The molecule has 0 unspecified atom stereocenters. The second kappa shape index (κ2) is 9.72. The van der Waals surface area contributed by atoms with Gasteiger partial charge in [0, 0.05) is 11.3 Å². The summed E-state index contributed by atoms with van der Waals surface area (Å²) in [6.45, 7) is 4.09. The van der Waals surface area contributed by atoms with Gasteiger partial charge in [-0.15, -0.1) is 0 Å². The Balaban J connectivity index is 1.16. The molecule has 1 N–H and O–H groups in total. The number of amides is 1. The van der Waals surface area contributed by atoms with Crippen LogP contribution >= 0.6 is 0 Å². The van der Waals surface area contributed by atoms with Crippen molar-refractivity contribution in [2.45, 2.75) is 51.9 Å². The molecule has 1 aliphatic rings. The predicted molar refractivity (Wildman–Crippen MR) is 135 cm³/mol. The van der Waals surface area contributed by atoms with E-state index in [1.807, 2.05) is 48.5 Å². The van der Waals surface area contributed by atoms with Crippen molar-refractivity contribution >= 4 is 22.7 Å². The van der Waals surface area contributed by atoms with Crippen molar-refractivity contribution in [1.82, 2.24) is 4.98 Å².